The zero-order chi connectivity index (χ0) is 15.7. The number of hydrogen-bond acceptors (Lipinski definition) is 5. The van der Waals surface area contributed by atoms with Crippen LogP contribution in [-0.2, 0) is 9.59 Å². The van der Waals surface area contributed by atoms with E-state index in [0.717, 1.165) is 4.90 Å². The number of nitrogens with one attached hydrogen (secondary N) is 1. The molecule has 8 nitrogen and oxygen atoms in total. The number of carbonyl (C=O) groups excluding carboxylic acids is 3. The molecule has 21 heavy (non-hydrogen) atoms. The minimum atomic E-state index is -0.832. The van der Waals surface area contributed by atoms with Gasteiger partial charge in [-0.2, -0.15) is 0 Å². The van der Waals surface area contributed by atoms with E-state index >= 15 is 0 Å². The van der Waals surface area contributed by atoms with Crippen LogP contribution in [0.3, 0.4) is 0 Å². The van der Waals surface area contributed by atoms with Crippen LogP contribution in [0.1, 0.15) is 17.3 Å². The smallest absolute Gasteiger partial charge is 0.284 e. The van der Waals surface area contributed by atoms with Gasteiger partial charge in [-0.05, 0) is 28.9 Å². The number of halogens is 1. The first kappa shape index (κ1) is 15.1. The summed E-state index contributed by atoms with van der Waals surface area (Å²) in [5, 5.41) is 13.0. The highest BCUT2D eigenvalue weighted by Gasteiger charge is 2.35. The maximum atomic E-state index is 12.4. The summed E-state index contributed by atoms with van der Waals surface area (Å²) in [6, 6.07) is 3.18. The minimum Gasteiger partial charge on any atom is -0.318 e. The molecule has 1 heterocycles. The van der Waals surface area contributed by atoms with E-state index in [-0.39, 0.29) is 22.3 Å². The topological polar surface area (TPSA) is 110 Å². The number of carbonyl (C=O) groups is 3. The SMILES string of the molecule is CC1C(=O)NC(=O)CN1C(=O)c1cccc([N+](=O)[O-])c1Br. The number of piperazine rings is 1. The van der Waals surface area contributed by atoms with Crippen molar-refractivity contribution in [1.82, 2.24) is 10.2 Å². The van der Waals surface area contributed by atoms with Crippen molar-refractivity contribution in [2.24, 2.45) is 0 Å². The van der Waals surface area contributed by atoms with E-state index in [4.69, 9.17) is 0 Å². The lowest BCUT2D eigenvalue weighted by Gasteiger charge is -2.31. The summed E-state index contributed by atoms with van der Waals surface area (Å²) < 4.78 is 0.0191. The Bertz CT molecular complexity index is 660. The Morgan fingerprint density at radius 1 is 1.48 bits per heavy atom. The van der Waals surface area contributed by atoms with Gasteiger partial charge in [-0.15, -0.1) is 0 Å². The van der Waals surface area contributed by atoms with E-state index in [2.05, 4.69) is 21.2 Å². The van der Waals surface area contributed by atoms with Gasteiger partial charge >= 0.3 is 0 Å². The van der Waals surface area contributed by atoms with Crippen molar-refractivity contribution in [2.75, 3.05) is 6.54 Å². The lowest BCUT2D eigenvalue weighted by molar-refractivity contribution is -0.385. The van der Waals surface area contributed by atoms with E-state index in [1.54, 1.807) is 0 Å². The maximum absolute atomic E-state index is 12.4. The van der Waals surface area contributed by atoms with Crippen molar-refractivity contribution in [3.05, 3.63) is 38.3 Å². The Balaban J connectivity index is 2.40. The summed E-state index contributed by atoms with van der Waals surface area (Å²) in [5.74, 6) is -1.80. The van der Waals surface area contributed by atoms with Crippen molar-refractivity contribution in [3.63, 3.8) is 0 Å². The molecule has 1 N–H and O–H groups in total. The van der Waals surface area contributed by atoms with Gasteiger partial charge in [-0.1, -0.05) is 6.07 Å². The summed E-state index contributed by atoms with van der Waals surface area (Å²) in [4.78, 5) is 46.7. The number of benzene rings is 1. The third-order valence-corrected chi connectivity index (χ3v) is 3.92. The molecule has 0 bridgehead atoms. The van der Waals surface area contributed by atoms with Crippen LogP contribution in [0.15, 0.2) is 22.7 Å². The number of hydrogen-bond donors (Lipinski definition) is 1. The third-order valence-electron chi connectivity index (χ3n) is 3.09. The molecule has 1 saturated heterocycles. The van der Waals surface area contributed by atoms with Gasteiger partial charge < -0.3 is 4.90 Å². The van der Waals surface area contributed by atoms with Gasteiger partial charge in [0.15, 0.2) is 0 Å². The van der Waals surface area contributed by atoms with Crippen LogP contribution in [-0.4, -0.2) is 40.1 Å². The molecule has 0 radical (unpaired) electrons. The van der Waals surface area contributed by atoms with Gasteiger partial charge in [0.25, 0.3) is 11.6 Å². The highest BCUT2D eigenvalue weighted by molar-refractivity contribution is 9.10. The second-order valence-corrected chi connectivity index (χ2v) is 5.21. The van der Waals surface area contributed by atoms with Crippen molar-refractivity contribution in [2.45, 2.75) is 13.0 Å². The molecular formula is C12H10BrN3O5. The molecule has 1 aromatic carbocycles. The molecule has 1 aliphatic heterocycles. The van der Waals surface area contributed by atoms with Crippen LogP contribution in [0.5, 0.6) is 0 Å². The Morgan fingerprint density at radius 2 is 2.14 bits per heavy atom. The van der Waals surface area contributed by atoms with Crippen molar-refractivity contribution in [3.8, 4) is 0 Å². The minimum absolute atomic E-state index is 0.0191. The van der Waals surface area contributed by atoms with Crippen LogP contribution < -0.4 is 5.32 Å². The molecule has 1 aliphatic rings. The van der Waals surface area contributed by atoms with Crippen LogP contribution in [0.4, 0.5) is 5.69 Å². The summed E-state index contributed by atoms with van der Waals surface area (Å²) in [7, 11) is 0. The van der Waals surface area contributed by atoms with E-state index in [0.29, 0.717) is 0 Å². The van der Waals surface area contributed by atoms with Crippen molar-refractivity contribution < 1.29 is 19.3 Å². The van der Waals surface area contributed by atoms with Crippen LogP contribution in [0.25, 0.3) is 0 Å². The fourth-order valence-corrected chi connectivity index (χ4v) is 2.52. The van der Waals surface area contributed by atoms with Crippen LogP contribution in [0, 0.1) is 10.1 Å². The molecule has 2 rings (SSSR count). The predicted octanol–water partition coefficient (Wildman–Crippen LogP) is 0.844. The largest absolute Gasteiger partial charge is 0.318 e. The van der Waals surface area contributed by atoms with Gasteiger partial charge in [0.2, 0.25) is 11.8 Å². The van der Waals surface area contributed by atoms with Gasteiger partial charge in [0.1, 0.15) is 17.1 Å². The highest BCUT2D eigenvalue weighted by atomic mass is 79.9. The normalized spacial score (nSPS) is 18.4. The molecule has 3 amide bonds. The van der Waals surface area contributed by atoms with Gasteiger partial charge in [0.05, 0.1) is 10.5 Å². The molecule has 0 aliphatic carbocycles. The van der Waals surface area contributed by atoms with E-state index in [9.17, 15) is 24.5 Å². The molecule has 9 heteroatoms. The first-order valence-electron chi connectivity index (χ1n) is 5.90. The molecule has 0 saturated carbocycles. The number of nitro benzene ring substituents is 1. The summed E-state index contributed by atoms with van der Waals surface area (Å²) in [5.41, 5.74) is -0.236. The van der Waals surface area contributed by atoms with E-state index < -0.39 is 28.7 Å². The average molecular weight is 356 g/mol. The first-order valence-corrected chi connectivity index (χ1v) is 6.69. The third kappa shape index (κ3) is 2.77. The summed E-state index contributed by atoms with van der Waals surface area (Å²) in [6.45, 7) is 1.20. The zero-order valence-corrected chi connectivity index (χ0v) is 12.4. The Labute approximate surface area is 127 Å². The predicted molar refractivity (Wildman–Crippen MR) is 74.4 cm³/mol. The fourth-order valence-electron chi connectivity index (χ4n) is 1.94. The second-order valence-electron chi connectivity index (χ2n) is 4.42. The number of imide groups is 1. The lowest BCUT2D eigenvalue weighted by Crippen LogP contribution is -2.58. The summed E-state index contributed by atoms with van der Waals surface area (Å²) in [6.07, 6.45) is 0. The van der Waals surface area contributed by atoms with E-state index in [1.807, 2.05) is 0 Å². The highest BCUT2D eigenvalue weighted by Crippen LogP contribution is 2.29. The number of nitrogens with zero attached hydrogens (tertiary/aromatic N) is 2. The molecular weight excluding hydrogens is 346 g/mol. The quantitative estimate of drug-likeness (QED) is 0.480. The Kier molecular flexibility index (Phi) is 4.03. The molecule has 110 valence electrons. The maximum Gasteiger partial charge on any atom is 0.284 e. The van der Waals surface area contributed by atoms with Crippen LogP contribution >= 0.6 is 15.9 Å². The number of amides is 3. The molecule has 0 aromatic heterocycles. The van der Waals surface area contributed by atoms with Crippen molar-refractivity contribution >= 4 is 39.3 Å². The lowest BCUT2D eigenvalue weighted by atomic mass is 10.1. The number of nitro groups is 1. The molecule has 1 aromatic rings. The fraction of sp³-hybridized carbons (Fsp3) is 0.250. The first-order chi connectivity index (χ1) is 9.82. The standard InChI is InChI=1S/C12H10BrN3O5/c1-6-11(18)14-9(17)5-15(6)12(19)7-3-2-4-8(10(7)13)16(20)21/h2-4,6H,5H2,1H3,(H,14,17,18). The van der Waals surface area contributed by atoms with Gasteiger partial charge in [0, 0.05) is 6.07 Å². The molecule has 0 spiro atoms. The van der Waals surface area contributed by atoms with Crippen molar-refractivity contribution in [1.29, 1.82) is 0 Å². The van der Waals surface area contributed by atoms with Crippen LogP contribution in [0.2, 0.25) is 0 Å². The van der Waals surface area contributed by atoms with E-state index in [1.165, 1.54) is 25.1 Å². The molecule has 1 fully saturated rings. The second kappa shape index (κ2) is 5.60. The van der Waals surface area contributed by atoms with Gasteiger partial charge in [-0.3, -0.25) is 29.8 Å². The monoisotopic (exact) mass is 355 g/mol. The Hall–Kier alpha value is -2.29. The zero-order valence-electron chi connectivity index (χ0n) is 10.8. The average Bonchev–Trinajstić information content (AvgIpc) is 2.42. The Morgan fingerprint density at radius 3 is 2.76 bits per heavy atom. The van der Waals surface area contributed by atoms with Gasteiger partial charge in [-0.25, -0.2) is 0 Å². The molecule has 1 atom stereocenters. The number of rotatable bonds is 2. The summed E-state index contributed by atoms with van der Waals surface area (Å²) >= 11 is 3.02. The molecule has 1 unspecified atom stereocenters.